The van der Waals surface area contributed by atoms with E-state index in [1.54, 1.807) is 37.3 Å². The van der Waals surface area contributed by atoms with Gasteiger partial charge in [-0.1, -0.05) is 5.16 Å². The number of hydrogen-bond acceptors (Lipinski definition) is 8. The van der Waals surface area contributed by atoms with Crippen LogP contribution in [0, 0.1) is 13.8 Å². The van der Waals surface area contributed by atoms with Crippen molar-refractivity contribution in [3.63, 3.8) is 0 Å². The van der Waals surface area contributed by atoms with E-state index in [2.05, 4.69) is 15.6 Å². The molecule has 5 aromatic rings. The summed E-state index contributed by atoms with van der Waals surface area (Å²) in [5, 5.41) is 22.9. The summed E-state index contributed by atoms with van der Waals surface area (Å²) in [5.41, 5.74) is 5.03. The average molecular weight is 486 g/mol. The zero-order valence-electron chi connectivity index (χ0n) is 20.8. The van der Waals surface area contributed by atoms with Crippen LogP contribution in [0.15, 0.2) is 41.1 Å². The van der Waals surface area contributed by atoms with Gasteiger partial charge in [0.05, 0.1) is 17.1 Å². The highest BCUT2D eigenvalue weighted by molar-refractivity contribution is 6.05. The third kappa shape index (κ3) is 3.90. The number of phenolic OH excluding ortho intramolecular Hbond substituents is 1. The lowest BCUT2D eigenvalue weighted by Gasteiger charge is -2.18. The molecule has 0 saturated heterocycles. The third-order valence-corrected chi connectivity index (χ3v) is 6.44. The summed E-state index contributed by atoms with van der Waals surface area (Å²) in [4.78, 5) is 24.8. The van der Waals surface area contributed by atoms with Crippen molar-refractivity contribution in [3.05, 3.63) is 59.0 Å². The first-order chi connectivity index (χ1) is 17.3. The van der Waals surface area contributed by atoms with Crippen molar-refractivity contribution in [1.29, 1.82) is 0 Å². The molecular formula is C26H27N7O3. The van der Waals surface area contributed by atoms with Crippen molar-refractivity contribution in [2.24, 2.45) is 0 Å². The van der Waals surface area contributed by atoms with Crippen LogP contribution in [-0.4, -0.2) is 54.9 Å². The van der Waals surface area contributed by atoms with E-state index in [0.717, 1.165) is 34.3 Å². The summed E-state index contributed by atoms with van der Waals surface area (Å²) in [6, 6.07) is 8.55. The molecule has 10 nitrogen and oxygen atoms in total. The Kier molecular flexibility index (Phi) is 5.79. The number of nitrogens with one attached hydrogen (secondary N) is 1. The number of rotatable bonds is 6. The fourth-order valence-electron chi connectivity index (χ4n) is 4.37. The number of phenols is 1. The van der Waals surface area contributed by atoms with E-state index in [1.165, 1.54) is 6.07 Å². The van der Waals surface area contributed by atoms with Crippen molar-refractivity contribution in [1.82, 2.24) is 29.8 Å². The SMILES string of the molecule is CCn1ncc(CN(C)C(=O)c2nc(-c3cc4c(NC)noc4cc3C)nc3ccc(O)cc23)c1C. The van der Waals surface area contributed by atoms with Gasteiger partial charge in [-0.3, -0.25) is 9.48 Å². The van der Waals surface area contributed by atoms with Gasteiger partial charge in [-0.25, -0.2) is 9.97 Å². The Morgan fingerprint density at radius 3 is 2.69 bits per heavy atom. The molecule has 0 saturated carbocycles. The minimum absolute atomic E-state index is 0.0383. The number of carbonyl (C=O) groups is 1. The molecule has 0 aliphatic rings. The van der Waals surface area contributed by atoms with Gasteiger partial charge >= 0.3 is 0 Å². The second kappa shape index (κ2) is 8.95. The smallest absolute Gasteiger partial charge is 0.273 e. The molecule has 2 aromatic carbocycles. The van der Waals surface area contributed by atoms with Gasteiger partial charge in [0.25, 0.3) is 5.91 Å². The highest BCUT2D eigenvalue weighted by Crippen LogP contribution is 2.32. The second-order valence-corrected chi connectivity index (χ2v) is 8.77. The maximum atomic E-state index is 13.7. The van der Waals surface area contributed by atoms with Crippen LogP contribution < -0.4 is 5.32 Å². The van der Waals surface area contributed by atoms with E-state index in [0.29, 0.717) is 34.7 Å². The van der Waals surface area contributed by atoms with Crippen LogP contribution in [0.4, 0.5) is 5.82 Å². The summed E-state index contributed by atoms with van der Waals surface area (Å²) in [5.74, 6) is 0.771. The number of fused-ring (bicyclic) bond motifs is 2. The fourth-order valence-corrected chi connectivity index (χ4v) is 4.37. The van der Waals surface area contributed by atoms with Crippen LogP contribution in [0.2, 0.25) is 0 Å². The largest absolute Gasteiger partial charge is 0.508 e. The first kappa shape index (κ1) is 23.3. The molecule has 0 unspecified atom stereocenters. The number of aromatic nitrogens is 5. The van der Waals surface area contributed by atoms with Crippen molar-refractivity contribution < 1.29 is 14.4 Å². The highest BCUT2D eigenvalue weighted by atomic mass is 16.5. The number of aryl methyl sites for hydroxylation is 2. The topological polar surface area (TPSA) is 122 Å². The summed E-state index contributed by atoms with van der Waals surface area (Å²) < 4.78 is 7.31. The van der Waals surface area contributed by atoms with Crippen LogP contribution in [0.3, 0.4) is 0 Å². The van der Waals surface area contributed by atoms with Gasteiger partial charge in [-0.2, -0.15) is 5.10 Å². The van der Waals surface area contributed by atoms with Crippen molar-refractivity contribution >= 4 is 33.6 Å². The lowest BCUT2D eigenvalue weighted by molar-refractivity contribution is 0.0781. The van der Waals surface area contributed by atoms with Crippen LogP contribution >= 0.6 is 0 Å². The van der Waals surface area contributed by atoms with Crippen LogP contribution in [0.5, 0.6) is 5.75 Å². The molecule has 0 spiro atoms. The minimum Gasteiger partial charge on any atom is -0.508 e. The molecule has 0 fully saturated rings. The summed E-state index contributed by atoms with van der Waals surface area (Å²) in [6.07, 6.45) is 1.79. The van der Waals surface area contributed by atoms with Crippen LogP contribution in [0.25, 0.3) is 33.3 Å². The predicted molar refractivity (Wildman–Crippen MR) is 137 cm³/mol. The predicted octanol–water partition coefficient (Wildman–Crippen LogP) is 4.29. The van der Waals surface area contributed by atoms with Gasteiger partial charge in [-0.05, 0) is 56.7 Å². The standard InChI is InChI=1S/C26H27N7O3/c1-6-33-15(3)16(12-28-33)13-32(5)26(35)23-19-10-17(34)7-8-21(19)29-25(30-23)18-11-20-22(9-14(18)2)36-31-24(20)27-4/h7-12,34H,6,13H2,1-5H3,(H,27,31). The van der Waals surface area contributed by atoms with E-state index in [-0.39, 0.29) is 17.4 Å². The maximum Gasteiger partial charge on any atom is 0.273 e. The Balaban J connectivity index is 1.62. The van der Waals surface area contributed by atoms with Gasteiger partial charge in [0.1, 0.15) is 11.4 Å². The number of hydrogen-bond donors (Lipinski definition) is 2. The Morgan fingerprint density at radius 2 is 1.97 bits per heavy atom. The molecule has 5 rings (SSSR count). The molecule has 2 N–H and O–H groups in total. The number of benzene rings is 2. The lowest BCUT2D eigenvalue weighted by atomic mass is 10.0. The lowest BCUT2D eigenvalue weighted by Crippen LogP contribution is -2.27. The van der Waals surface area contributed by atoms with Gasteiger partial charge in [0, 0.05) is 49.4 Å². The molecule has 0 bridgehead atoms. The zero-order valence-corrected chi connectivity index (χ0v) is 20.8. The first-order valence-electron chi connectivity index (χ1n) is 11.7. The van der Waals surface area contributed by atoms with Gasteiger partial charge in [0.15, 0.2) is 17.2 Å². The molecule has 184 valence electrons. The molecule has 10 heteroatoms. The normalized spacial score (nSPS) is 11.4. The second-order valence-electron chi connectivity index (χ2n) is 8.77. The monoisotopic (exact) mass is 485 g/mol. The summed E-state index contributed by atoms with van der Waals surface area (Å²) in [6.45, 7) is 7.08. The zero-order chi connectivity index (χ0) is 25.6. The maximum absolute atomic E-state index is 13.7. The van der Waals surface area contributed by atoms with Crippen LogP contribution in [0.1, 0.15) is 34.2 Å². The molecule has 0 atom stereocenters. The van der Waals surface area contributed by atoms with E-state index < -0.39 is 0 Å². The molecule has 0 aliphatic carbocycles. The van der Waals surface area contributed by atoms with Crippen molar-refractivity contribution in [2.45, 2.75) is 33.9 Å². The number of nitrogens with zero attached hydrogens (tertiary/aromatic N) is 6. The molecule has 1 amide bonds. The molecule has 3 heterocycles. The number of carbonyl (C=O) groups excluding carboxylic acids is 1. The molecule has 0 aliphatic heterocycles. The fraction of sp³-hybridized carbons (Fsp3) is 0.269. The van der Waals surface area contributed by atoms with Gasteiger partial charge in [-0.15, -0.1) is 0 Å². The van der Waals surface area contributed by atoms with E-state index >= 15 is 0 Å². The number of anilines is 1. The molecular weight excluding hydrogens is 458 g/mol. The number of amides is 1. The number of aromatic hydroxyl groups is 1. The minimum atomic E-state index is -0.280. The van der Waals surface area contributed by atoms with Crippen molar-refractivity contribution in [3.8, 4) is 17.1 Å². The summed E-state index contributed by atoms with van der Waals surface area (Å²) >= 11 is 0. The summed E-state index contributed by atoms with van der Waals surface area (Å²) in [7, 11) is 3.50. The Labute approximate surface area is 207 Å². The van der Waals surface area contributed by atoms with E-state index in [4.69, 9.17) is 14.5 Å². The first-order valence-corrected chi connectivity index (χ1v) is 11.7. The highest BCUT2D eigenvalue weighted by Gasteiger charge is 2.22. The third-order valence-electron chi connectivity index (χ3n) is 6.44. The quantitative estimate of drug-likeness (QED) is 0.365. The van der Waals surface area contributed by atoms with E-state index in [9.17, 15) is 9.90 Å². The van der Waals surface area contributed by atoms with Gasteiger partial charge < -0.3 is 19.8 Å². The molecule has 0 radical (unpaired) electrons. The Hall–Kier alpha value is -4.47. The molecule has 3 aromatic heterocycles. The average Bonchev–Trinajstić information content (AvgIpc) is 3.44. The van der Waals surface area contributed by atoms with Crippen molar-refractivity contribution in [2.75, 3.05) is 19.4 Å². The molecule has 36 heavy (non-hydrogen) atoms. The Bertz CT molecular complexity index is 1620. The van der Waals surface area contributed by atoms with E-state index in [1.807, 2.05) is 37.6 Å². The van der Waals surface area contributed by atoms with Gasteiger partial charge in [0.2, 0.25) is 0 Å². The van der Waals surface area contributed by atoms with Crippen LogP contribution in [-0.2, 0) is 13.1 Å². The Morgan fingerprint density at radius 1 is 1.17 bits per heavy atom.